The number of benzene rings is 1. The molecular formula is C15H20O5. The molecule has 0 saturated heterocycles. The van der Waals surface area contributed by atoms with Crippen molar-refractivity contribution in [3.8, 4) is 5.75 Å². The molecule has 0 unspecified atom stereocenters. The number of aryl methyl sites for hydroxylation is 1. The molecule has 110 valence electrons. The number of carbonyl (C=O) groups excluding carboxylic acids is 1. The number of rotatable bonds is 3. The van der Waals surface area contributed by atoms with E-state index < -0.39 is 11.9 Å². The summed E-state index contributed by atoms with van der Waals surface area (Å²) >= 11 is 0. The average molecular weight is 280 g/mol. The number of carbonyl (C=O) groups is 1. The molecular weight excluding hydrogens is 260 g/mol. The Hall–Kier alpha value is -1.59. The summed E-state index contributed by atoms with van der Waals surface area (Å²) in [5, 5.41) is 8.61. The molecule has 1 aromatic carbocycles. The summed E-state index contributed by atoms with van der Waals surface area (Å²) in [7, 11) is 0. The quantitative estimate of drug-likeness (QED) is 0.524. The van der Waals surface area contributed by atoms with E-state index in [2.05, 4.69) is 4.89 Å². The van der Waals surface area contributed by atoms with Crippen LogP contribution in [-0.2, 0) is 27.3 Å². The maximum absolute atomic E-state index is 11.8. The fourth-order valence-electron chi connectivity index (χ4n) is 2.15. The van der Waals surface area contributed by atoms with Crippen molar-refractivity contribution in [2.75, 3.05) is 0 Å². The van der Waals surface area contributed by atoms with Gasteiger partial charge in [0.25, 0.3) is 0 Å². The summed E-state index contributed by atoms with van der Waals surface area (Å²) < 4.78 is 10.7. The van der Waals surface area contributed by atoms with Crippen molar-refractivity contribution in [1.29, 1.82) is 0 Å². The summed E-state index contributed by atoms with van der Waals surface area (Å²) in [4.78, 5) is 16.0. The van der Waals surface area contributed by atoms with E-state index >= 15 is 0 Å². The molecule has 0 bridgehead atoms. The van der Waals surface area contributed by atoms with Crippen molar-refractivity contribution in [3.05, 3.63) is 29.3 Å². The first-order chi connectivity index (χ1) is 9.37. The average Bonchev–Trinajstić information content (AvgIpc) is 2.35. The second-order valence-electron chi connectivity index (χ2n) is 5.90. The lowest BCUT2D eigenvalue weighted by Crippen LogP contribution is -2.25. The molecule has 0 saturated carbocycles. The maximum Gasteiger partial charge on any atom is 0.310 e. The van der Waals surface area contributed by atoms with Gasteiger partial charge in [-0.1, -0.05) is 12.1 Å². The number of esters is 1. The van der Waals surface area contributed by atoms with E-state index in [0.717, 1.165) is 17.5 Å². The normalized spacial score (nSPS) is 18.1. The summed E-state index contributed by atoms with van der Waals surface area (Å²) in [6, 6.07) is 5.55. The zero-order valence-corrected chi connectivity index (χ0v) is 12.0. The van der Waals surface area contributed by atoms with Crippen LogP contribution in [0.15, 0.2) is 18.2 Å². The number of ether oxygens (including phenoxy) is 2. The minimum absolute atomic E-state index is 0.241. The van der Waals surface area contributed by atoms with Crippen LogP contribution in [0.1, 0.15) is 38.3 Å². The van der Waals surface area contributed by atoms with Gasteiger partial charge in [0, 0.05) is 6.42 Å². The van der Waals surface area contributed by atoms with Gasteiger partial charge in [-0.2, -0.15) is 4.89 Å². The zero-order chi connectivity index (χ0) is 14.8. The fraction of sp³-hybridized carbons (Fsp3) is 0.533. The van der Waals surface area contributed by atoms with Crippen LogP contribution in [0.5, 0.6) is 5.75 Å². The monoisotopic (exact) mass is 280 g/mol. The van der Waals surface area contributed by atoms with Gasteiger partial charge in [-0.05, 0) is 44.4 Å². The Balaban J connectivity index is 2.03. The third kappa shape index (κ3) is 3.95. The van der Waals surface area contributed by atoms with Crippen LogP contribution in [0.3, 0.4) is 0 Å². The van der Waals surface area contributed by atoms with E-state index in [1.165, 1.54) is 0 Å². The Bertz CT molecular complexity index is 490. The highest BCUT2D eigenvalue weighted by molar-refractivity contribution is 5.73. The topological polar surface area (TPSA) is 65.0 Å². The van der Waals surface area contributed by atoms with Gasteiger partial charge in [-0.25, -0.2) is 5.26 Å². The number of hydrogen-bond acceptors (Lipinski definition) is 5. The highest BCUT2D eigenvalue weighted by Gasteiger charge is 2.21. The van der Waals surface area contributed by atoms with Crippen LogP contribution >= 0.6 is 0 Å². The van der Waals surface area contributed by atoms with E-state index in [9.17, 15) is 4.79 Å². The second-order valence-corrected chi connectivity index (χ2v) is 5.90. The predicted octanol–water partition coefficient (Wildman–Crippen LogP) is 2.71. The van der Waals surface area contributed by atoms with Crippen LogP contribution < -0.4 is 4.74 Å². The maximum atomic E-state index is 11.8. The molecule has 5 nitrogen and oxygen atoms in total. The van der Waals surface area contributed by atoms with E-state index in [-0.39, 0.29) is 12.4 Å². The first-order valence-electron chi connectivity index (χ1n) is 6.68. The van der Waals surface area contributed by atoms with Crippen LogP contribution in [0.4, 0.5) is 0 Å². The van der Waals surface area contributed by atoms with E-state index in [0.29, 0.717) is 12.2 Å². The Kier molecular flexibility index (Phi) is 4.30. The molecule has 5 heteroatoms. The second kappa shape index (κ2) is 5.81. The van der Waals surface area contributed by atoms with E-state index in [4.69, 9.17) is 14.7 Å². The molecule has 1 N–H and O–H groups in total. The van der Waals surface area contributed by atoms with Gasteiger partial charge in [0.2, 0.25) is 6.29 Å². The standard InChI is InChI=1S/C15H20O5/c1-15(2,3)19-13(16)9-10-4-6-12-11(8-10)5-7-14(18-12)20-17/h4,6,8,14,17H,5,7,9H2,1-3H3/t14-/m0/s1. The molecule has 0 fully saturated rings. The van der Waals surface area contributed by atoms with Gasteiger partial charge >= 0.3 is 5.97 Å². The van der Waals surface area contributed by atoms with Crippen LogP contribution in [-0.4, -0.2) is 23.1 Å². The van der Waals surface area contributed by atoms with Crippen LogP contribution in [0.2, 0.25) is 0 Å². The van der Waals surface area contributed by atoms with Crippen LogP contribution in [0.25, 0.3) is 0 Å². The molecule has 1 aromatic rings. The minimum Gasteiger partial charge on any atom is -0.462 e. The van der Waals surface area contributed by atoms with Gasteiger partial charge in [0.15, 0.2) is 0 Å². The highest BCUT2D eigenvalue weighted by Crippen LogP contribution is 2.29. The number of fused-ring (bicyclic) bond motifs is 1. The molecule has 0 spiro atoms. The molecule has 1 aliphatic rings. The Morgan fingerprint density at radius 3 is 2.85 bits per heavy atom. The van der Waals surface area contributed by atoms with Crippen LogP contribution in [0, 0.1) is 0 Å². The minimum atomic E-state index is -0.612. The van der Waals surface area contributed by atoms with Crippen molar-refractivity contribution >= 4 is 5.97 Å². The highest BCUT2D eigenvalue weighted by atomic mass is 17.1. The smallest absolute Gasteiger partial charge is 0.310 e. The van der Waals surface area contributed by atoms with Gasteiger partial charge in [-0.3, -0.25) is 4.79 Å². The van der Waals surface area contributed by atoms with Gasteiger partial charge in [-0.15, -0.1) is 0 Å². The van der Waals surface area contributed by atoms with E-state index in [1.54, 1.807) is 6.07 Å². The summed E-state index contributed by atoms with van der Waals surface area (Å²) in [5.74, 6) is 0.439. The lowest BCUT2D eigenvalue weighted by atomic mass is 10.0. The fourth-order valence-corrected chi connectivity index (χ4v) is 2.15. The largest absolute Gasteiger partial charge is 0.462 e. The zero-order valence-electron chi connectivity index (χ0n) is 12.0. The van der Waals surface area contributed by atoms with Crippen molar-refractivity contribution in [2.24, 2.45) is 0 Å². The summed E-state index contributed by atoms with van der Waals surface area (Å²) in [6.45, 7) is 5.54. The molecule has 0 radical (unpaired) electrons. The Morgan fingerprint density at radius 2 is 2.20 bits per heavy atom. The molecule has 1 atom stereocenters. The molecule has 0 aromatic heterocycles. The summed E-state index contributed by atoms with van der Waals surface area (Å²) in [5.41, 5.74) is 1.43. The third-order valence-corrected chi connectivity index (χ3v) is 2.92. The van der Waals surface area contributed by atoms with Gasteiger partial charge < -0.3 is 9.47 Å². The third-order valence-electron chi connectivity index (χ3n) is 2.92. The Morgan fingerprint density at radius 1 is 1.45 bits per heavy atom. The van der Waals surface area contributed by atoms with Crippen molar-refractivity contribution in [3.63, 3.8) is 0 Å². The Labute approximate surface area is 118 Å². The molecule has 1 heterocycles. The number of hydrogen-bond donors (Lipinski definition) is 1. The molecule has 0 amide bonds. The van der Waals surface area contributed by atoms with E-state index in [1.807, 2.05) is 32.9 Å². The first kappa shape index (κ1) is 14.8. The summed E-state index contributed by atoms with van der Waals surface area (Å²) in [6.07, 6.45) is 0.950. The molecule has 20 heavy (non-hydrogen) atoms. The SMILES string of the molecule is CC(C)(C)OC(=O)Cc1ccc2c(c1)CC[C@H](OO)O2. The predicted molar refractivity (Wildman–Crippen MR) is 72.4 cm³/mol. The molecule has 2 rings (SSSR count). The van der Waals surface area contributed by atoms with Crippen molar-refractivity contribution < 1.29 is 24.4 Å². The lowest BCUT2D eigenvalue weighted by Gasteiger charge is -2.24. The molecule has 1 aliphatic heterocycles. The first-order valence-corrected chi connectivity index (χ1v) is 6.68. The van der Waals surface area contributed by atoms with Gasteiger partial charge in [0.05, 0.1) is 6.42 Å². The van der Waals surface area contributed by atoms with Crippen molar-refractivity contribution in [1.82, 2.24) is 0 Å². The lowest BCUT2D eigenvalue weighted by molar-refractivity contribution is -0.328. The van der Waals surface area contributed by atoms with Crippen molar-refractivity contribution in [2.45, 2.75) is 51.9 Å². The van der Waals surface area contributed by atoms with Gasteiger partial charge in [0.1, 0.15) is 11.4 Å². The molecule has 0 aliphatic carbocycles.